The van der Waals surface area contributed by atoms with E-state index in [0.29, 0.717) is 6.04 Å². The van der Waals surface area contributed by atoms with Gasteiger partial charge in [0, 0.05) is 19.5 Å². The minimum absolute atomic E-state index is 0.0814. The van der Waals surface area contributed by atoms with Crippen LogP contribution in [0.1, 0.15) is 26.7 Å². The molecule has 12 heavy (non-hydrogen) atoms. The van der Waals surface area contributed by atoms with Gasteiger partial charge in [-0.15, -0.1) is 0 Å². The van der Waals surface area contributed by atoms with Crippen LogP contribution in [0.2, 0.25) is 0 Å². The summed E-state index contributed by atoms with van der Waals surface area (Å²) in [6.45, 7) is 6.87. The number of likely N-dealkylation sites (tertiary alicyclic amines) is 1. The van der Waals surface area contributed by atoms with Gasteiger partial charge in [0.05, 0.1) is 0 Å². The SMILES string of the molecule is CCN1CCC[C@@H]1CNC(C)=O. The van der Waals surface area contributed by atoms with Gasteiger partial charge in [0.25, 0.3) is 0 Å². The lowest BCUT2D eigenvalue weighted by atomic mass is 10.2. The summed E-state index contributed by atoms with van der Waals surface area (Å²) in [4.78, 5) is 13.1. The van der Waals surface area contributed by atoms with Crippen molar-refractivity contribution in [2.45, 2.75) is 32.7 Å². The summed E-state index contributed by atoms with van der Waals surface area (Å²) >= 11 is 0. The van der Waals surface area contributed by atoms with Crippen molar-refractivity contribution in [2.24, 2.45) is 0 Å². The number of nitrogens with one attached hydrogen (secondary N) is 1. The van der Waals surface area contributed by atoms with Gasteiger partial charge in [-0.2, -0.15) is 0 Å². The van der Waals surface area contributed by atoms with Crippen LogP contribution in [0.3, 0.4) is 0 Å². The smallest absolute Gasteiger partial charge is 0.216 e. The Balaban J connectivity index is 2.26. The van der Waals surface area contributed by atoms with Crippen LogP contribution in [-0.2, 0) is 4.79 Å². The predicted molar refractivity (Wildman–Crippen MR) is 49.0 cm³/mol. The highest BCUT2D eigenvalue weighted by Gasteiger charge is 2.22. The minimum Gasteiger partial charge on any atom is -0.355 e. The number of carbonyl (C=O) groups excluding carboxylic acids is 1. The normalized spacial score (nSPS) is 24.3. The van der Waals surface area contributed by atoms with Gasteiger partial charge in [0.2, 0.25) is 5.91 Å². The zero-order chi connectivity index (χ0) is 8.97. The number of amides is 1. The second-order valence-electron chi connectivity index (χ2n) is 3.36. The maximum atomic E-state index is 10.7. The van der Waals surface area contributed by atoms with E-state index in [1.807, 2.05) is 0 Å². The molecule has 0 aromatic carbocycles. The molecule has 3 heteroatoms. The Bertz CT molecular complexity index is 159. The molecule has 0 saturated carbocycles. The Kier molecular flexibility index (Phi) is 3.53. The van der Waals surface area contributed by atoms with Gasteiger partial charge in [-0.05, 0) is 25.9 Å². The fourth-order valence-corrected chi connectivity index (χ4v) is 1.80. The van der Waals surface area contributed by atoms with E-state index in [1.54, 1.807) is 6.92 Å². The molecule has 1 amide bonds. The van der Waals surface area contributed by atoms with Crippen LogP contribution in [0.25, 0.3) is 0 Å². The van der Waals surface area contributed by atoms with Gasteiger partial charge >= 0.3 is 0 Å². The van der Waals surface area contributed by atoms with Gasteiger partial charge in [-0.25, -0.2) is 0 Å². The minimum atomic E-state index is 0.0814. The summed E-state index contributed by atoms with van der Waals surface area (Å²) in [6.07, 6.45) is 2.51. The highest BCUT2D eigenvalue weighted by molar-refractivity contribution is 5.72. The molecule has 0 bridgehead atoms. The second-order valence-corrected chi connectivity index (χ2v) is 3.36. The summed E-state index contributed by atoms with van der Waals surface area (Å²) in [5.74, 6) is 0.0814. The summed E-state index contributed by atoms with van der Waals surface area (Å²) < 4.78 is 0. The maximum absolute atomic E-state index is 10.7. The fourth-order valence-electron chi connectivity index (χ4n) is 1.80. The molecule has 1 aliphatic rings. The third kappa shape index (κ3) is 2.48. The van der Waals surface area contributed by atoms with E-state index < -0.39 is 0 Å². The molecule has 1 heterocycles. The Morgan fingerprint density at radius 2 is 2.42 bits per heavy atom. The van der Waals surface area contributed by atoms with Gasteiger partial charge in [0.1, 0.15) is 0 Å². The molecule has 0 radical (unpaired) electrons. The molecule has 0 unspecified atom stereocenters. The molecule has 1 N–H and O–H groups in total. The number of rotatable bonds is 3. The first-order valence-corrected chi connectivity index (χ1v) is 4.72. The van der Waals surface area contributed by atoms with E-state index in [2.05, 4.69) is 17.1 Å². The molecule has 1 fully saturated rings. The summed E-state index contributed by atoms with van der Waals surface area (Å²) in [5.41, 5.74) is 0. The van der Waals surface area contributed by atoms with Crippen molar-refractivity contribution in [1.29, 1.82) is 0 Å². The maximum Gasteiger partial charge on any atom is 0.216 e. The highest BCUT2D eigenvalue weighted by Crippen LogP contribution is 2.15. The topological polar surface area (TPSA) is 32.3 Å². The zero-order valence-electron chi connectivity index (χ0n) is 7.97. The highest BCUT2D eigenvalue weighted by atomic mass is 16.1. The first-order valence-electron chi connectivity index (χ1n) is 4.72. The van der Waals surface area contributed by atoms with Crippen molar-refractivity contribution in [1.82, 2.24) is 10.2 Å². The van der Waals surface area contributed by atoms with Crippen molar-refractivity contribution in [2.75, 3.05) is 19.6 Å². The Hall–Kier alpha value is -0.570. The molecule has 0 aliphatic carbocycles. The lowest BCUT2D eigenvalue weighted by molar-refractivity contribution is -0.119. The largest absolute Gasteiger partial charge is 0.355 e. The van der Waals surface area contributed by atoms with Crippen LogP contribution in [0.15, 0.2) is 0 Å². The first kappa shape index (κ1) is 9.52. The van der Waals surface area contributed by atoms with E-state index in [0.717, 1.165) is 13.1 Å². The van der Waals surface area contributed by atoms with Crippen LogP contribution < -0.4 is 5.32 Å². The monoisotopic (exact) mass is 170 g/mol. The molecule has 1 atom stereocenters. The van der Waals surface area contributed by atoms with Crippen molar-refractivity contribution in [3.8, 4) is 0 Å². The van der Waals surface area contributed by atoms with E-state index in [-0.39, 0.29) is 5.91 Å². The van der Waals surface area contributed by atoms with Crippen LogP contribution in [0, 0.1) is 0 Å². The van der Waals surface area contributed by atoms with Gasteiger partial charge in [-0.3, -0.25) is 9.69 Å². The standard InChI is InChI=1S/C9H18N2O/c1-3-11-6-4-5-9(11)7-10-8(2)12/h9H,3-7H2,1-2H3,(H,10,12)/t9-/m1/s1. The predicted octanol–water partition coefficient (Wildman–Crippen LogP) is 0.607. The average Bonchev–Trinajstić information content (AvgIpc) is 2.47. The molecule has 0 spiro atoms. The van der Waals surface area contributed by atoms with E-state index >= 15 is 0 Å². The molecule has 0 aromatic heterocycles. The second kappa shape index (κ2) is 4.45. The number of likely N-dealkylation sites (N-methyl/N-ethyl adjacent to an activating group) is 1. The van der Waals surface area contributed by atoms with E-state index in [4.69, 9.17) is 0 Å². The Labute approximate surface area is 74.1 Å². The Morgan fingerprint density at radius 1 is 1.67 bits per heavy atom. The van der Waals surface area contributed by atoms with Crippen LogP contribution in [-0.4, -0.2) is 36.5 Å². The Morgan fingerprint density at radius 3 is 3.00 bits per heavy atom. The lowest BCUT2D eigenvalue weighted by Gasteiger charge is -2.22. The molecule has 1 saturated heterocycles. The van der Waals surface area contributed by atoms with Crippen molar-refractivity contribution >= 4 is 5.91 Å². The lowest BCUT2D eigenvalue weighted by Crippen LogP contribution is -2.39. The number of hydrogen-bond acceptors (Lipinski definition) is 2. The molecular formula is C9H18N2O. The quantitative estimate of drug-likeness (QED) is 0.673. The molecule has 1 rings (SSSR count). The van der Waals surface area contributed by atoms with Crippen LogP contribution in [0.4, 0.5) is 0 Å². The molecule has 70 valence electrons. The van der Waals surface area contributed by atoms with Gasteiger partial charge < -0.3 is 5.32 Å². The zero-order valence-corrected chi connectivity index (χ0v) is 7.97. The van der Waals surface area contributed by atoms with Crippen LogP contribution in [0.5, 0.6) is 0 Å². The average molecular weight is 170 g/mol. The number of carbonyl (C=O) groups is 1. The molecule has 0 aromatic rings. The number of nitrogens with zero attached hydrogens (tertiary/aromatic N) is 1. The third-order valence-corrected chi connectivity index (χ3v) is 2.49. The van der Waals surface area contributed by atoms with Crippen LogP contribution >= 0.6 is 0 Å². The van der Waals surface area contributed by atoms with E-state index in [9.17, 15) is 4.79 Å². The molecule has 1 aliphatic heterocycles. The number of hydrogen-bond donors (Lipinski definition) is 1. The van der Waals surface area contributed by atoms with Crippen molar-refractivity contribution < 1.29 is 4.79 Å². The van der Waals surface area contributed by atoms with Crippen molar-refractivity contribution in [3.63, 3.8) is 0 Å². The van der Waals surface area contributed by atoms with Crippen molar-refractivity contribution in [3.05, 3.63) is 0 Å². The molecular weight excluding hydrogens is 152 g/mol. The van der Waals surface area contributed by atoms with Gasteiger partial charge in [-0.1, -0.05) is 6.92 Å². The molecule has 3 nitrogen and oxygen atoms in total. The third-order valence-electron chi connectivity index (χ3n) is 2.49. The summed E-state index contributed by atoms with van der Waals surface area (Å²) in [5, 5.41) is 2.87. The fraction of sp³-hybridized carbons (Fsp3) is 0.889. The first-order chi connectivity index (χ1) is 5.74. The summed E-state index contributed by atoms with van der Waals surface area (Å²) in [7, 11) is 0. The van der Waals surface area contributed by atoms with E-state index in [1.165, 1.54) is 19.4 Å². The summed E-state index contributed by atoms with van der Waals surface area (Å²) in [6, 6.07) is 0.582. The van der Waals surface area contributed by atoms with Gasteiger partial charge in [0.15, 0.2) is 0 Å².